The molecule has 0 saturated carbocycles. The van der Waals surface area contributed by atoms with Crippen molar-refractivity contribution in [3.05, 3.63) is 65.7 Å². The largest absolute Gasteiger partial charge is 0.418 e. The molecule has 0 radical (unpaired) electrons. The van der Waals surface area contributed by atoms with Crippen LogP contribution >= 0.6 is 0 Å². The number of nitrogens with one attached hydrogen (secondary N) is 2. The minimum Gasteiger partial charge on any atom is -0.338 e. The molecule has 1 fully saturated rings. The van der Waals surface area contributed by atoms with Gasteiger partial charge in [-0.05, 0) is 68.9 Å². The molecule has 1 heterocycles. The Balaban J connectivity index is 1.33. The predicted octanol–water partition coefficient (Wildman–Crippen LogP) is 5.17. The average molecular weight is 419 g/mol. The molecule has 0 atom stereocenters. The van der Waals surface area contributed by atoms with Crippen molar-refractivity contribution in [3.8, 4) is 0 Å². The Kier molecular flexibility index (Phi) is 7.74. The summed E-state index contributed by atoms with van der Waals surface area (Å²) in [6, 6.07) is 14.9. The summed E-state index contributed by atoms with van der Waals surface area (Å²) in [6.07, 6.45) is -0.294. The van der Waals surface area contributed by atoms with Crippen LogP contribution in [0.3, 0.4) is 0 Å². The van der Waals surface area contributed by atoms with E-state index in [1.54, 1.807) is 0 Å². The minimum absolute atomic E-state index is 0.233. The van der Waals surface area contributed by atoms with Gasteiger partial charge in [0.2, 0.25) is 0 Å². The van der Waals surface area contributed by atoms with Gasteiger partial charge in [-0.15, -0.1) is 0 Å². The zero-order chi connectivity index (χ0) is 21.4. The number of urea groups is 1. The number of benzene rings is 2. The van der Waals surface area contributed by atoms with E-state index in [0.29, 0.717) is 12.5 Å². The molecule has 2 aromatic carbocycles. The molecule has 0 aromatic heterocycles. The highest BCUT2D eigenvalue weighted by Gasteiger charge is 2.33. The van der Waals surface area contributed by atoms with Crippen LogP contribution in [0.1, 0.15) is 30.4 Å². The summed E-state index contributed by atoms with van der Waals surface area (Å²) < 4.78 is 39.0. The number of nitrogens with zero attached hydrogens (tertiary/aromatic N) is 1. The third-order valence-corrected chi connectivity index (χ3v) is 5.49. The van der Waals surface area contributed by atoms with Crippen molar-refractivity contribution in [1.82, 2.24) is 10.2 Å². The molecular weight excluding hydrogens is 391 g/mol. The van der Waals surface area contributed by atoms with E-state index < -0.39 is 17.8 Å². The number of rotatable bonds is 7. The molecule has 1 saturated heterocycles. The fourth-order valence-corrected chi connectivity index (χ4v) is 3.87. The number of likely N-dealkylation sites (tertiary alicyclic amines) is 1. The van der Waals surface area contributed by atoms with E-state index in [0.717, 1.165) is 51.4 Å². The van der Waals surface area contributed by atoms with Gasteiger partial charge in [0.05, 0.1) is 11.3 Å². The third-order valence-electron chi connectivity index (χ3n) is 5.49. The van der Waals surface area contributed by atoms with Crippen molar-refractivity contribution in [2.45, 2.75) is 31.9 Å². The zero-order valence-corrected chi connectivity index (χ0v) is 16.9. The molecule has 162 valence electrons. The monoisotopic (exact) mass is 419 g/mol. The number of anilines is 1. The predicted molar refractivity (Wildman–Crippen MR) is 112 cm³/mol. The number of carbonyl (C=O) groups excluding carboxylic acids is 1. The van der Waals surface area contributed by atoms with Gasteiger partial charge in [0, 0.05) is 6.54 Å². The number of piperidine rings is 1. The van der Waals surface area contributed by atoms with Crippen LogP contribution in [-0.4, -0.2) is 37.1 Å². The van der Waals surface area contributed by atoms with Crippen molar-refractivity contribution >= 4 is 11.7 Å². The van der Waals surface area contributed by atoms with E-state index in [1.807, 2.05) is 6.07 Å². The SMILES string of the molecule is O=C(NCCCN1CCC(Cc2ccccc2)CC1)Nc1ccccc1C(F)(F)F. The van der Waals surface area contributed by atoms with Crippen LogP contribution < -0.4 is 10.6 Å². The quantitative estimate of drug-likeness (QED) is 0.608. The number of halogens is 3. The maximum absolute atomic E-state index is 13.0. The summed E-state index contributed by atoms with van der Waals surface area (Å²) in [5, 5.41) is 4.95. The van der Waals surface area contributed by atoms with Crippen LogP contribution in [0.15, 0.2) is 54.6 Å². The summed E-state index contributed by atoms with van der Waals surface area (Å²) >= 11 is 0. The summed E-state index contributed by atoms with van der Waals surface area (Å²) in [5.74, 6) is 0.709. The Morgan fingerprint density at radius 1 is 1.00 bits per heavy atom. The molecule has 0 bridgehead atoms. The lowest BCUT2D eigenvalue weighted by Crippen LogP contribution is -2.37. The summed E-state index contributed by atoms with van der Waals surface area (Å²) in [4.78, 5) is 14.3. The first-order chi connectivity index (χ1) is 14.4. The van der Waals surface area contributed by atoms with E-state index in [2.05, 4.69) is 39.8 Å². The van der Waals surface area contributed by atoms with Gasteiger partial charge < -0.3 is 15.5 Å². The lowest BCUT2D eigenvalue weighted by atomic mass is 9.90. The molecule has 0 spiro atoms. The maximum Gasteiger partial charge on any atom is 0.418 e. The van der Waals surface area contributed by atoms with Gasteiger partial charge in [-0.25, -0.2) is 4.79 Å². The van der Waals surface area contributed by atoms with E-state index in [1.165, 1.54) is 23.8 Å². The van der Waals surface area contributed by atoms with Gasteiger partial charge >= 0.3 is 12.2 Å². The van der Waals surface area contributed by atoms with Gasteiger partial charge in [-0.3, -0.25) is 0 Å². The van der Waals surface area contributed by atoms with Crippen LogP contribution in [-0.2, 0) is 12.6 Å². The van der Waals surface area contributed by atoms with Crippen molar-refractivity contribution in [2.24, 2.45) is 5.92 Å². The van der Waals surface area contributed by atoms with Crippen LogP contribution in [0.4, 0.5) is 23.7 Å². The Labute approximate surface area is 175 Å². The van der Waals surface area contributed by atoms with Crippen molar-refractivity contribution in [2.75, 3.05) is 31.5 Å². The third kappa shape index (κ3) is 6.76. The van der Waals surface area contributed by atoms with Crippen LogP contribution in [0, 0.1) is 5.92 Å². The Hall–Kier alpha value is -2.54. The molecule has 2 amide bonds. The molecule has 0 aliphatic carbocycles. The summed E-state index contributed by atoms with van der Waals surface area (Å²) in [7, 11) is 0. The first-order valence-corrected chi connectivity index (χ1v) is 10.4. The van der Waals surface area contributed by atoms with Gasteiger partial charge in [0.1, 0.15) is 0 Å². The van der Waals surface area contributed by atoms with E-state index >= 15 is 0 Å². The average Bonchev–Trinajstić information content (AvgIpc) is 2.73. The van der Waals surface area contributed by atoms with E-state index in [9.17, 15) is 18.0 Å². The van der Waals surface area contributed by atoms with Crippen molar-refractivity contribution < 1.29 is 18.0 Å². The van der Waals surface area contributed by atoms with Crippen LogP contribution in [0.5, 0.6) is 0 Å². The lowest BCUT2D eigenvalue weighted by molar-refractivity contribution is -0.136. The number of para-hydroxylation sites is 1. The highest BCUT2D eigenvalue weighted by Crippen LogP contribution is 2.34. The van der Waals surface area contributed by atoms with Gasteiger partial charge in [-0.1, -0.05) is 42.5 Å². The Morgan fingerprint density at radius 3 is 2.37 bits per heavy atom. The van der Waals surface area contributed by atoms with E-state index in [4.69, 9.17) is 0 Å². The molecule has 30 heavy (non-hydrogen) atoms. The van der Waals surface area contributed by atoms with Crippen LogP contribution in [0.25, 0.3) is 0 Å². The number of amides is 2. The zero-order valence-electron chi connectivity index (χ0n) is 16.9. The minimum atomic E-state index is -4.50. The second-order valence-electron chi connectivity index (χ2n) is 7.75. The van der Waals surface area contributed by atoms with Gasteiger partial charge in [0.25, 0.3) is 0 Å². The van der Waals surface area contributed by atoms with Gasteiger partial charge in [-0.2, -0.15) is 13.2 Å². The molecule has 7 heteroatoms. The Morgan fingerprint density at radius 2 is 1.67 bits per heavy atom. The molecule has 3 rings (SSSR count). The molecule has 2 N–H and O–H groups in total. The number of carbonyl (C=O) groups is 1. The fraction of sp³-hybridized carbons (Fsp3) is 0.435. The molecule has 2 aromatic rings. The highest BCUT2D eigenvalue weighted by molar-refractivity contribution is 5.90. The molecule has 4 nitrogen and oxygen atoms in total. The van der Waals surface area contributed by atoms with Gasteiger partial charge in [0.15, 0.2) is 0 Å². The number of alkyl halides is 3. The normalized spacial score (nSPS) is 15.7. The topological polar surface area (TPSA) is 44.4 Å². The molecule has 1 aliphatic heterocycles. The number of hydrogen-bond acceptors (Lipinski definition) is 2. The molecule has 0 unspecified atom stereocenters. The second-order valence-corrected chi connectivity index (χ2v) is 7.75. The fourth-order valence-electron chi connectivity index (χ4n) is 3.87. The molecular formula is C23H28F3N3O. The van der Waals surface area contributed by atoms with Crippen molar-refractivity contribution in [3.63, 3.8) is 0 Å². The molecule has 1 aliphatic rings. The maximum atomic E-state index is 13.0. The smallest absolute Gasteiger partial charge is 0.338 e. The first kappa shape index (κ1) is 22.2. The highest BCUT2D eigenvalue weighted by atomic mass is 19.4. The Bertz CT molecular complexity index is 803. The standard InChI is InChI=1S/C23H28F3N3O/c24-23(25,26)20-9-4-5-10-21(20)28-22(30)27-13-6-14-29-15-11-19(12-16-29)17-18-7-2-1-3-8-18/h1-5,7-10,19H,6,11-17H2,(H2,27,28,30). The lowest BCUT2D eigenvalue weighted by Gasteiger charge is -2.32. The first-order valence-electron chi connectivity index (χ1n) is 10.4. The van der Waals surface area contributed by atoms with Crippen LogP contribution in [0.2, 0.25) is 0 Å². The van der Waals surface area contributed by atoms with E-state index in [-0.39, 0.29) is 5.69 Å². The van der Waals surface area contributed by atoms with Crippen molar-refractivity contribution in [1.29, 1.82) is 0 Å². The number of hydrogen-bond donors (Lipinski definition) is 2. The summed E-state index contributed by atoms with van der Waals surface area (Å²) in [5.41, 5.74) is 0.305. The summed E-state index contributed by atoms with van der Waals surface area (Å²) in [6.45, 7) is 3.38. The second kappa shape index (κ2) is 10.5.